The zero-order chi connectivity index (χ0) is 17.2. The van der Waals surface area contributed by atoms with Gasteiger partial charge in [0.1, 0.15) is 5.82 Å². The van der Waals surface area contributed by atoms with Crippen molar-refractivity contribution in [3.05, 3.63) is 102 Å². The maximum atomic E-state index is 14.3. The van der Waals surface area contributed by atoms with E-state index in [9.17, 15) is 4.39 Å². The number of rotatable bonds is 3. The third-order valence-electron chi connectivity index (χ3n) is 4.66. The summed E-state index contributed by atoms with van der Waals surface area (Å²) in [5.41, 5.74) is 8.21. The van der Waals surface area contributed by atoms with Crippen LogP contribution in [0, 0.1) is 12.7 Å². The molecule has 0 amide bonds. The van der Waals surface area contributed by atoms with Crippen molar-refractivity contribution < 1.29 is 4.39 Å². The fourth-order valence-corrected chi connectivity index (χ4v) is 3.39. The Hall–Kier alpha value is -3.07. The number of benzene rings is 3. The van der Waals surface area contributed by atoms with Crippen molar-refractivity contribution in [2.24, 2.45) is 0 Å². The van der Waals surface area contributed by atoms with E-state index in [-0.39, 0.29) is 11.9 Å². The van der Waals surface area contributed by atoms with E-state index in [1.807, 2.05) is 48.7 Å². The minimum absolute atomic E-state index is 0.0640. The first-order valence-electron chi connectivity index (χ1n) is 8.37. The van der Waals surface area contributed by atoms with Crippen molar-refractivity contribution in [3.63, 3.8) is 0 Å². The highest BCUT2D eigenvalue weighted by molar-refractivity contribution is 5.70. The van der Waals surface area contributed by atoms with Gasteiger partial charge in [0.05, 0.1) is 11.7 Å². The molecule has 1 N–H and O–H groups in total. The fraction of sp³-hybridized carbons (Fsp3) is 0.0909. The second kappa shape index (κ2) is 6.44. The first-order chi connectivity index (χ1) is 12.3. The number of anilines is 1. The highest BCUT2D eigenvalue weighted by Gasteiger charge is 2.24. The lowest BCUT2D eigenvalue weighted by atomic mass is 9.92. The van der Waals surface area contributed by atoms with Gasteiger partial charge in [-0.1, -0.05) is 54.6 Å². The molecule has 0 aliphatic carbocycles. The summed E-state index contributed by atoms with van der Waals surface area (Å²) in [6.07, 6.45) is 4.08. The Bertz CT molecular complexity index is 918. The van der Waals surface area contributed by atoms with Gasteiger partial charge in [-0.3, -0.25) is 5.01 Å². The molecular weight excluding hydrogens is 311 g/mol. The van der Waals surface area contributed by atoms with Gasteiger partial charge < -0.3 is 5.43 Å². The molecule has 3 aromatic carbocycles. The molecule has 0 fully saturated rings. The minimum atomic E-state index is -0.192. The zero-order valence-corrected chi connectivity index (χ0v) is 14.0. The number of hydrazine groups is 1. The third-order valence-corrected chi connectivity index (χ3v) is 4.66. The summed E-state index contributed by atoms with van der Waals surface area (Å²) in [5, 5.41) is 2.12. The van der Waals surface area contributed by atoms with Gasteiger partial charge in [0, 0.05) is 11.8 Å². The Morgan fingerprint density at radius 2 is 1.56 bits per heavy atom. The Morgan fingerprint density at radius 3 is 2.36 bits per heavy atom. The molecule has 1 heterocycles. The van der Waals surface area contributed by atoms with E-state index in [1.165, 1.54) is 6.07 Å². The van der Waals surface area contributed by atoms with E-state index < -0.39 is 0 Å². The minimum Gasteiger partial charge on any atom is -0.305 e. The molecular formula is C22H19FN2. The second-order valence-electron chi connectivity index (χ2n) is 6.14. The fourth-order valence-electron chi connectivity index (χ4n) is 3.39. The van der Waals surface area contributed by atoms with Gasteiger partial charge in [0.15, 0.2) is 0 Å². The molecule has 0 radical (unpaired) electrons. The van der Waals surface area contributed by atoms with Crippen molar-refractivity contribution in [2.75, 3.05) is 5.01 Å². The molecule has 2 nitrogen and oxygen atoms in total. The van der Waals surface area contributed by atoms with Gasteiger partial charge in [-0.15, -0.1) is 0 Å². The van der Waals surface area contributed by atoms with E-state index in [2.05, 4.69) is 41.6 Å². The van der Waals surface area contributed by atoms with Crippen molar-refractivity contribution in [3.8, 4) is 11.1 Å². The van der Waals surface area contributed by atoms with Gasteiger partial charge in [-0.2, -0.15) is 0 Å². The molecule has 3 aromatic rings. The van der Waals surface area contributed by atoms with Crippen LogP contribution in [0.15, 0.2) is 85.1 Å². The summed E-state index contributed by atoms with van der Waals surface area (Å²) in [5.74, 6) is -0.192. The highest BCUT2D eigenvalue weighted by atomic mass is 19.1. The smallest absolute Gasteiger partial charge is 0.131 e. The predicted octanol–water partition coefficient (Wildman–Crippen LogP) is 5.38. The number of halogens is 1. The standard InChI is InChI=1S/C22H19FN2/c1-16-18(20-10-5-6-13-21(20)23)11-7-12-19(16)22-14-15-24-25(22)17-8-3-2-4-9-17/h2-15,22,24H,1H3. The van der Waals surface area contributed by atoms with Crippen LogP contribution >= 0.6 is 0 Å². The van der Waals surface area contributed by atoms with Crippen molar-refractivity contribution in [2.45, 2.75) is 13.0 Å². The average Bonchev–Trinajstić information content (AvgIpc) is 3.13. The molecule has 1 unspecified atom stereocenters. The summed E-state index contributed by atoms with van der Waals surface area (Å²) in [6, 6.07) is 23.3. The Labute approximate surface area is 147 Å². The molecule has 25 heavy (non-hydrogen) atoms. The van der Waals surface area contributed by atoms with Crippen LogP contribution in [0.1, 0.15) is 17.2 Å². The normalized spacial score (nSPS) is 16.1. The second-order valence-corrected chi connectivity index (χ2v) is 6.14. The van der Waals surface area contributed by atoms with Crippen molar-refractivity contribution in [1.82, 2.24) is 5.43 Å². The molecule has 0 spiro atoms. The van der Waals surface area contributed by atoms with Gasteiger partial charge in [-0.05, 0) is 47.9 Å². The molecule has 0 saturated heterocycles. The van der Waals surface area contributed by atoms with Crippen molar-refractivity contribution >= 4 is 5.69 Å². The summed E-state index contributed by atoms with van der Waals surface area (Å²) < 4.78 is 14.3. The number of hydrogen-bond donors (Lipinski definition) is 1. The molecule has 0 saturated carbocycles. The molecule has 0 bridgehead atoms. The molecule has 1 atom stereocenters. The van der Waals surface area contributed by atoms with Gasteiger partial charge >= 0.3 is 0 Å². The number of para-hydroxylation sites is 1. The van der Waals surface area contributed by atoms with E-state index >= 15 is 0 Å². The number of nitrogens with one attached hydrogen (secondary N) is 1. The molecule has 0 aromatic heterocycles. The largest absolute Gasteiger partial charge is 0.305 e. The third kappa shape index (κ3) is 2.78. The quantitative estimate of drug-likeness (QED) is 0.693. The van der Waals surface area contributed by atoms with E-state index in [1.54, 1.807) is 6.07 Å². The lowest BCUT2D eigenvalue weighted by molar-refractivity contribution is 0.631. The maximum absolute atomic E-state index is 14.3. The van der Waals surface area contributed by atoms with Crippen LogP contribution in [-0.4, -0.2) is 0 Å². The topological polar surface area (TPSA) is 15.3 Å². The predicted molar refractivity (Wildman–Crippen MR) is 101 cm³/mol. The molecule has 1 aliphatic rings. The Morgan fingerprint density at radius 1 is 0.840 bits per heavy atom. The summed E-state index contributed by atoms with van der Waals surface area (Å²) in [4.78, 5) is 0. The monoisotopic (exact) mass is 330 g/mol. The van der Waals surface area contributed by atoms with Gasteiger partial charge in [0.25, 0.3) is 0 Å². The van der Waals surface area contributed by atoms with E-state index in [4.69, 9.17) is 0 Å². The Balaban J connectivity index is 1.78. The van der Waals surface area contributed by atoms with Crippen molar-refractivity contribution in [1.29, 1.82) is 0 Å². The zero-order valence-electron chi connectivity index (χ0n) is 14.0. The lowest BCUT2D eigenvalue weighted by Crippen LogP contribution is -2.32. The summed E-state index contributed by atoms with van der Waals surface area (Å²) in [7, 11) is 0. The van der Waals surface area contributed by atoms with Crippen LogP contribution in [0.4, 0.5) is 10.1 Å². The van der Waals surface area contributed by atoms with E-state index in [0.717, 1.165) is 22.4 Å². The van der Waals surface area contributed by atoms with Crippen LogP contribution in [0.3, 0.4) is 0 Å². The molecule has 3 heteroatoms. The Kier molecular flexibility index (Phi) is 3.98. The van der Waals surface area contributed by atoms with Crippen LogP contribution in [0.25, 0.3) is 11.1 Å². The first-order valence-corrected chi connectivity index (χ1v) is 8.37. The van der Waals surface area contributed by atoms with Gasteiger partial charge in [0.2, 0.25) is 0 Å². The van der Waals surface area contributed by atoms with Crippen LogP contribution in [0.2, 0.25) is 0 Å². The molecule has 4 rings (SSSR count). The van der Waals surface area contributed by atoms with Crippen LogP contribution in [0.5, 0.6) is 0 Å². The van der Waals surface area contributed by atoms with E-state index in [0.29, 0.717) is 5.56 Å². The molecule has 124 valence electrons. The summed E-state index contributed by atoms with van der Waals surface area (Å²) in [6.45, 7) is 2.06. The van der Waals surface area contributed by atoms with Crippen LogP contribution < -0.4 is 10.4 Å². The molecule has 1 aliphatic heterocycles. The SMILES string of the molecule is Cc1c(-c2ccccc2F)cccc1C1C=CNN1c1ccccc1. The van der Waals surface area contributed by atoms with Gasteiger partial charge in [-0.25, -0.2) is 4.39 Å². The number of hydrogen-bond acceptors (Lipinski definition) is 2. The van der Waals surface area contributed by atoms with Crippen LogP contribution in [-0.2, 0) is 0 Å². The first kappa shape index (κ1) is 15.5. The lowest BCUT2D eigenvalue weighted by Gasteiger charge is -2.28. The number of nitrogens with zero attached hydrogens (tertiary/aromatic N) is 1. The maximum Gasteiger partial charge on any atom is 0.131 e. The summed E-state index contributed by atoms with van der Waals surface area (Å²) >= 11 is 0. The average molecular weight is 330 g/mol. The highest BCUT2D eigenvalue weighted by Crippen LogP contribution is 2.35.